The van der Waals surface area contributed by atoms with Gasteiger partial charge in [-0.1, -0.05) is 48.9 Å². The summed E-state index contributed by atoms with van der Waals surface area (Å²) >= 11 is 0. The smallest absolute Gasteiger partial charge is 0.140 e. The van der Waals surface area contributed by atoms with Gasteiger partial charge in [-0.25, -0.2) is 0 Å². The molecule has 1 fully saturated rings. The second-order valence-corrected chi connectivity index (χ2v) is 5.61. The molecule has 0 N–H and O–H groups in total. The summed E-state index contributed by atoms with van der Waals surface area (Å²) in [5.74, 6) is 1.29. The van der Waals surface area contributed by atoms with E-state index in [0.29, 0.717) is 12.4 Å². The topological polar surface area (TPSA) is 26.3 Å². The van der Waals surface area contributed by atoms with E-state index in [1.807, 2.05) is 42.5 Å². The third kappa shape index (κ3) is 3.52. The first-order valence-corrected chi connectivity index (χ1v) is 7.62. The molecule has 0 saturated heterocycles. The van der Waals surface area contributed by atoms with E-state index in [9.17, 15) is 4.79 Å². The van der Waals surface area contributed by atoms with Crippen LogP contribution < -0.4 is 4.74 Å². The average molecular weight is 280 g/mol. The van der Waals surface area contributed by atoms with Gasteiger partial charge in [0.1, 0.15) is 18.1 Å². The van der Waals surface area contributed by atoms with E-state index < -0.39 is 0 Å². The van der Waals surface area contributed by atoms with Gasteiger partial charge in [0.2, 0.25) is 0 Å². The minimum atomic E-state index is 0.0685. The number of carbonyl (C=O) groups is 1. The van der Waals surface area contributed by atoms with Crippen molar-refractivity contribution in [2.75, 3.05) is 0 Å². The third-order valence-electron chi connectivity index (χ3n) is 4.06. The van der Waals surface area contributed by atoms with Crippen LogP contribution in [0.4, 0.5) is 0 Å². The molecule has 1 aliphatic rings. The maximum atomic E-state index is 12.0. The highest BCUT2D eigenvalue weighted by molar-refractivity contribution is 5.86. The highest BCUT2D eigenvalue weighted by Crippen LogP contribution is 2.31. The first kappa shape index (κ1) is 13.9. The quantitative estimate of drug-likeness (QED) is 0.824. The molecule has 2 heteroatoms. The fourth-order valence-corrected chi connectivity index (χ4v) is 2.90. The molecule has 108 valence electrons. The number of ketones is 1. The Bertz CT molecular complexity index is 604. The Kier molecular flexibility index (Phi) is 4.34. The largest absolute Gasteiger partial charge is 0.489 e. The second kappa shape index (κ2) is 6.57. The van der Waals surface area contributed by atoms with E-state index in [4.69, 9.17) is 4.74 Å². The van der Waals surface area contributed by atoms with E-state index in [-0.39, 0.29) is 5.92 Å². The lowest BCUT2D eigenvalue weighted by Gasteiger charge is -2.21. The summed E-state index contributed by atoms with van der Waals surface area (Å²) in [6.45, 7) is 0.558. The van der Waals surface area contributed by atoms with Crippen molar-refractivity contribution in [3.8, 4) is 5.75 Å². The highest BCUT2D eigenvalue weighted by atomic mass is 16.5. The number of hydrogen-bond donors (Lipinski definition) is 0. The van der Waals surface area contributed by atoms with Crippen LogP contribution in [0, 0.1) is 0 Å². The van der Waals surface area contributed by atoms with Crippen molar-refractivity contribution in [3.05, 3.63) is 65.7 Å². The Morgan fingerprint density at radius 3 is 2.67 bits per heavy atom. The molecule has 2 nitrogen and oxygen atoms in total. The van der Waals surface area contributed by atoms with Gasteiger partial charge in [0.05, 0.1) is 0 Å². The Morgan fingerprint density at radius 1 is 1.00 bits per heavy atom. The molecule has 1 aliphatic carbocycles. The average Bonchev–Trinajstić information content (AvgIpc) is 2.55. The second-order valence-electron chi connectivity index (χ2n) is 5.61. The van der Waals surface area contributed by atoms with Gasteiger partial charge in [-0.15, -0.1) is 0 Å². The molecule has 0 aromatic heterocycles. The predicted molar refractivity (Wildman–Crippen MR) is 83.4 cm³/mol. The van der Waals surface area contributed by atoms with Gasteiger partial charge in [0.25, 0.3) is 0 Å². The van der Waals surface area contributed by atoms with Crippen LogP contribution in [-0.2, 0) is 11.4 Å². The van der Waals surface area contributed by atoms with Crippen molar-refractivity contribution in [2.45, 2.75) is 38.2 Å². The van der Waals surface area contributed by atoms with Crippen LogP contribution in [0.15, 0.2) is 54.6 Å². The first-order valence-electron chi connectivity index (χ1n) is 7.62. The minimum Gasteiger partial charge on any atom is -0.489 e. The van der Waals surface area contributed by atoms with Crippen molar-refractivity contribution in [2.24, 2.45) is 0 Å². The summed E-state index contributed by atoms with van der Waals surface area (Å²) in [5, 5.41) is 0. The van der Waals surface area contributed by atoms with Crippen LogP contribution in [0.5, 0.6) is 5.75 Å². The highest BCUT2D eigenvalue weighted by Gasteiger charge is 2.23. The lowest BCUT2D eigenvalue weighted by Crippen LogP contribution is -2.16. The summed E-state index contributed by atoms with van der Waals surface area (Å²) in [4.78, 5) is 12.0. The maximum absolute atomic E-state index is 12.0. The van der Waals surface area contributed by atoms with Gasteiger partial charge in [-0.2, -0.15) is 0 Å². The number of hydrogen-bond acceptors (Lipinski definition) is 2. The molecule has 1 saturated carbocycles. The summed E-state index contributed by atoms with van der Waals surface area (Å²) in [6.07, 6.45) is 3.88. The van der Waals surface area contributed by atoms with E-state index in [0.717, 1.165) is 42.6 Å². The Hall–Kier alpha value is -2.09. The van der Waals surface area contributed by atoms with Gasteiger partial charge in [-0.3, -0.25) is 4.79 Å². The molecule has 1 atom stereocenters. The Labute approximate surface area is 125 Å². The van der Waals surface area contributed by atoms with Crippen LogP contribution in [0.2, 0.25) is 0 Å². The van der Waals surface area contributed by atoms with Crippen LogP contribution in [-0.4, -0.2) is 5.78 Å². The van der Waals surface area contributed by atoms with Gasteiger partial charge < -0.3 is 4.74 Å². The van der Waals surface area contributed by atoms with Gasteiger partial charge in [0, 0.05) is 12.3 Å². The summed E-state index contributed by atoms with van der Waals surface area (Å²) < 4.78 is 5.85. The molecule has 1 unspecified atom stereocenters. The predicted octanol–water partition coefficient (Wildman–Crippen LogP) is 4.49. The fourth-order valence-electron chi connectivity index (χ4n) is 2.90. The number of carbonyl (C=O) groups excluding carboxylic acids is 1. The molecule has 0 aliphatic heterocycles. The molecular formula is C19H20O2. The molecule has 0 spiro atoms. The summed E-state index contributed by atoms with van der Waals surface area (Å²) in [6, 6.07) is 18.1. The van der Waals surface area contributed by atoms with Gasteiger partial charge in [0.15, 0.2) is 0 Å². The van der Waals surface area contributed by atoms with Gasteiger partial charge in [-0.05, 0) is 36.1 Å². The summed E-state index contributed by atoms with van der Waals surface area (Å²) in [7, 11) is 0. The SMILES string of the molecule is O=C1CCCCC1c1cccc(OCc2ccccc2)c1. The van der Waals surface area contributed by atoms with E-state index in [1.165, 1.54) is 0 Å². The zero-order valence-corrected chi connectivity index (χ0v) is 12.1. The van der Waals surface area contributed by atoms with Crippen LogP contribution in [0.3, 0.4) is 0 Å². The van der Waals surface area contributed by atoms with Crippen molar-refractivity contribution in [1.82, 2.24) is 0 Å². The number of rotatable bonds is 4. The molecule has 0 bridgehead atoms. The Morgan fingerprint density at radius 2 is 1.86 bits per heavy atom. The van der Waals surface area contributed by atoms with E-state index >= 15 is 0 Å². The van der Waals surface area contributed by atoms with Crippen molar-refractivity contribution >= 4 is 5.78 Å². The standard InChI is InChI=1S/C19H20O2/c20-19-12-5-4-11-18(19)16-9-6-10-17(13-16)21-14-15-7-2-1-3-8-15/h1-3,6-10,13,18H,4-5,11-12,14H2. The van der Waals surface area contributed by atoms with E-state index in [2.05, 4.69) is 12.1 Å². The molecule has 3 rings (SSSR count). The van der Waals surface area contributed by atoms with Crippen LogP contribution in [0.1, 0.15) is 42.7 Å². The third-order valence-corrected chi connectivity index (χ3v) is 4.06. The Balaban J connectivity index is 1.69. The molecule has 2 aromatic rings. The summed E-state index contributed by atoms with van der Waals surface area (Å²) in [5.41, 5.74) is 2.25. The lowest BCUT2D eigenvalue weighted by molar-refractivity contribution is -0.121. The van der Waals surface area contributed by atoms with Crippen molar-refractivity contribution in [1.29, 1.82) is 0 Å². The monoisotopic (exact) mass is 280 g/mol. The zero-order valence-electron chi connectivity index (χ0n) is 12.1. The molecule has 0 amide bonds. The maximum Gasteiger partial charge on any atom is 0.140 e. The minimum absolute atomic E-state index is 0.0685. The van der Waals surface area contributed by atoms with Crippen LogP contribution in [0.25, 0.3) is 0 Å². The van der Waals surface area contributed by atoms with Crippen molar-refractivity contribution < 1.29 is 9.53 Å². The molecule has 21 heavy (non-hydrogen) atoms. The normalized spacial score (nSPS) is 18.5. The number of ether oxygens (including phenoxy) is 1. The molecule has 2 aromatic carbocycles. The number of benzene rings is 2. The number of Topliss-reactive ketones (excluding diaryl/α,β-unsaturated/α-hetero) is 1. The van der Waals surface area contributed by atoms with Crippen LogP contribution >= 0.6 is 0 Å². The zero-order chi connectivity index (χ0) is 14.5. The lowest BCUT2D eigenvalue weighted by atomic mass is 9.83. The molecule has 0 heterocycles. The van der Waals surface area contributed by atoms with E-state index in [1.54, 1.807) is 0 Å². The fraction of sp³-hybridized carbons (Fsp3) is 0.316. The van der Waals surface area contributed by atoms with Crippen molar-refractivity contribution in [3.63, 3.8) is 0 Å². The molecular weight excluding hydrogens is 260 g/mol. The molecule has 0 radical (unpaired) electrons. The van der Waals surface area contributed by atoms with Gasteiger partial charge >= 0.3 is 0 Å². The first-order chi connectivity index (χ1) is 10.3.